The number of benzene rings is 2. The standard InChI is InChI=1S/C20H22N2O/c23-20(21-12-15-10-11-15)22-13-17-8-4-5-9-18(17)19(14-22)16-6-2-1-3-7-16/h1-9,15,19H,10-14H2,(H,21,23)/t19-/m1/s1. The minimum absolute atomic E-state index is 0.0762. The Morgan fingerprint density at radius 2 is 1.78 bits per heavy atom. The smallest absolute Gasteiger partial charge is 0.317 e. The summed E-state index contributed by atoms with van der Waals surface area (Å²) in [6.45, 7) is 2.28. The molecule has 3 heteroatoms. The van der Waals surface area contributed by atoms with Gasteiger partial charge in [-0.1, -0.05) is 54.6 Å². The van der Waals surface area contributed by atoms with Crippen molar-refractivity contribution in [3.05, 3.63) is 71.3 Å². The monoisotopic (exact) mass is 306 g/mol. The van der Waals surface area contributed by atoms with Gasteiger partial charge in [0.15, 0.2) is 0 Å². The van der Waals surface area contributed by atoms with Gasteiger partial charge in [0.05, 0.1) is 0 Å². The highest BCUT2D eigenvalue weighted by atomic mass is 16.2. The molecule has 2 aromatic rings. The van der Waals surface area contributed by atoms with Crippen molar-refractivity contribution in [2.75, 3.05) is 13.1 Å². The Hall–Kier alpha value is -2.29. The molecule has 23 heavy (non-hydrogen) atoms. The number of nitrogens with zero attached hydrogens (tertiary/aromatic N) is 1. The maximum Gasteiger partial charge on any atom is 0.317 e. The van der Waals surface area contributed by atoms with Gasteiger partial charge in [0.25, 0.3) is 0 Å². The molecule has 1 aliphatic carbocycles. The van der Waals surface area contributed by atoms with E-state index in [2.05, 4.69) is 53.8 Å². The lowest BCUT2D eigenvalue weighted by atomic mass is 9.85. The predicted molar refractivity (Wildman–Crippen MR) is 91.3 cm³/mol. The van der Waals surface area contributed by atoms with Crippen molar-refractivity contribution >= 4 is 6.03 Å². The van der Waals surface area contributed by atoms with E-state index >= 15 is 0 Å². The van der Waals surface area contributed by atoms with Crippen molar-refractivity contribution in [2.24, 2.45) is 5.92 Å². The lowest BCUT2D eigenvalue weighted by Gasteiger charge is -2.35. The highest BCUT2D eigenvalue weighted by Crippen LogP contribution is 2.33. The summed E-state index contributed by atoms with van der Waals surface area (Å²) in [7, 11) is 0. The lowest BCUT2D eigenvalue weighted by molar-refractivity contribution is 0.188. The van der Waals surface area contributed by atoms with E-state index in [1.807, 2.05) is 11.0 Å². The van der Waals surface area contributed by atoms with Gasteiger partial charge in [-0.15, -0.1) is 0 Å². The van der Waals surface area contributed by atoms with Crippen LogP contribution in [0.4, 0.5) is 4.79 Å². The zero-order valence-corrected chi connectivity index (χ0v) is 13.2. The second-order valence-corrected chi connectivity index (χ2v) is 6.67. The average molecular weight is 306 g/mol. The SMILES string of the molecule is O=C(NCC1CC1)N1Cc2ccccc2[C@@H](c2ccccc2)C1. The summed E-state index contributed by atoms with van der Waals surface area (Å²) in [6, 6.07) is 19.1. The molecule has 4 rings (SSSR count). The van der Waals surface area contributed by atoms with Crippen LogP contribution >= 0.6 is 0 Å². The fourth-order valence-corrected chi connectivity index (χ4v) is 3.40. The van der Waals surface area contributed by atoms with E-state index in [9.17, 15) is 4.79 Å². The molecule has 2 aromatic carbocycles. The van der Waals surface area contributed by atoms with Crippen molar-refractivity contribution in [1.82, 2.24) is 10.2 Å². The second kappa shape index (κ2) is 6.07. The van der Waals surface area contributed by atoms with Crippen molar-refractivity contribution in [3.63, 3.8) is 0 Å². The summed E-state index contributed by atoms with van der Waals surface area (Å²) >= 11 is 0. The van der Waals surface area contributed by atoms with Gasteiger partial charge in [-0.25, -0.2) is 4.79 Å². The van der Waals surface area contributed by atoms with Crippen LogP contribution in [0.5, 0.6) is 0 Å². The molecule has 1 heterocycles. The largest absolute Gasteiger partial charge is 0.338 e. The molecule has 0 bridgehead atoms. The topological polar surface area (TPSA) is 32.3 Å². The molecule has 1 fully saturated rings. The number of hydrogen-bond acceptors (Lipinski definition) is 1. The minimum atomic E-state index is 0.0762. The molecule has 118 valence electrons. The molecule has 1 saturated carbocycles. The van der Waals surface area contributed by atoms with E-state index in [1.165, 1.54) is 29.5 Å². The van der Waals surface area contributed by atoms with E-state index in [1.54, 1.807) is 0 Å². The first-order chi connectivity index (χ1) is 11.3. The number of rotatable bonds is 3. The molecular formula is C20H22N2O. The molecule has 3 nitrogen and oxygen atoms in total. The van der Waals surface area contributed by atoms with Crippen molar-refractivity contribution in [2.45, 2.75) is 25.3 Å². The third-order valence-corrected chi connectivity index (χ3v) is 4.92. The summed E-state index contributed by atoms with van der Waals surface area (Å²) in [5, 5.41) is 3.10. The Labute approximate surface area is 137 Å². The van der Waals surface area contributed by atoms with Crippen LogP contribution in [0.1, 0.15) is 35.4 Å². The van der Waals surface area contributed by atoms with E-state index in [0.717, 1.165) is 13.1 Å². The second-order valence-electron chi connectivity index (χ2n) is 6.67. The zero-order valence-electron chi connectivity index (χ0n) is 13.2. The van der Waals surface area contributed by atoms with Gasteiger partial charge in [0, 0.05) is 25.6 Å². The fraction of sp³-hybridized carbons (Fsp3) is 0.350. The number of hydrogen-bond donors (Lipinski definition) is 1. The molecule has 0 aromatic heterocycles. The summed E-state index contributed by atoms with van der Waals surface area (Å²) in [5.41, 5.74) is 3.89. The Bertz CT molecular complexity index is 694. The number of amides is 2. The van der Waals surface area contributed by atoms with E-state index in [4.69, 9.17) is 0 Å². The molecule has 2 amide bonds. The van der Waals surface area contributed by atoms with Crippen LogP contribution in [0.3, 0.4) is 0 Å². The number of urea groups is 1. The van der Waals surface area contributed by atoms with Crippen LogP contribution in [-0.4, -0.2) is 24.0 Å². The predicted octanol–water partition coefficient (Wildman–Crippen LogP) is 3.75. The first-order valence-corrected chi connectivity index (χ1v) is 8.47. The van der Waals surface area contributed by atoms with Gasteiger partial charge in [-0.2, -0.15) is 0 Å². The fourth-order valence-electron chi connectivity index (χ4n) is 3.40. The van der Waals surface area contributed by atoms with Gasteiger partial charge in [0.1, 0.15) is 0 Å². The molecule has 1 N–H and O–H groups in total. The Balaban J connectivity index is 1.59. The molecule has 0 unspecified atom stereocenters. The maximum absolute atomic E-state index is 12.5. The Morgan fingerprint density at radius 1 is 1.04 bits per heavy atom. The third kappa shape index (κ3) is 3.09. The van der Waals surface area contributed by atoms with Gasteiger partial charge in [-0.3, -0.25) is 0 Å². The van der Waals surface area contributed by atoms with Gasteiger partial charge in [0.2, 0.25) is 0 Å². The molecule has 2 aliphatic rings. The number of carbonyl (C=O) groups is 1. The zero-order chi connectivity index (χ0) is 15.6. The lowest BCUT2D eigenvalue weighted by Crippen LogP contribution is -2.44. The first kappa shape index (κ1) is 14.3. The van der Waals surface area contributed by atoms with E-state index in [0.29, 0.717) is 12.5 Å². The van der Waals surface area contributed by atoms with Crippen LogP contribution in [0.25, 0.3) is 0 Å². The highest BCUT2D eigenvalue weighted by Gasteiger charge is 2.30. The normalized spacial score (nSPS) is 20.0. The van der Waals surface area contributed by atoms with Crippen molar-refractivity contribution in [3.8, 4) is 0 Å². The minimum Gasteiger partial charge on any atom is -0.338 e. The summed E-state index contributed by atoms with van der Waals surface area (Å²) in [4.78, 5) is 14.5. The summed E-state index contributed by atoms with van der Waals surface area (Å²) < 4.78 is 0. The molecule has 1 atom stereocenters. The highest BCUT2D eigenvalue weighted by molar-refractivity contribution is 5.75. The van der Waals surface area contributed by atoms with Crippen LogP contribution in [-0.2, 0) is 6.54 Å². The average Bonchev–Trinajstić information content (AvgIpc) is 3.44. The van der Waals surface area contributed by atoms with Gasteiger partial charge >= 0.3 is 6.03 Å². The summed E-state index contributed by atoms with van der Waals surface area (Å²) in [6.07, 6.45) is 2.52. The Kier molecular flexibility index (Phi) is 3.78. The maximum atomic E-state index is 12.5. The van der Waals surface area contributed by atoms with Crippen molar-refractivity contribution < 1.29 is 4.79 Å². The van der Waals surface area contributed by atoms with E-state index in [-0.39, 0.29) is 11.9 Å². The van der Waals surface area contributed by atoms with Crippen LogP contribution < -0.4 is 5.32 Å². The van der Waals surface area contributed by atoms with Crippen LogP contribution in [0, 0.1) is 5.92 Å². The quantitative estimate of drug-likeness (QED) is 0.920. The molecule has 0 saturated heterocycles. The molecule has 0 radical (unpaired) electrons. The van der Waals surface area contributed by atoms with Gasteiger partial charge < -0.3 is 10.2 Å². The summed E-state index contributed by atoms with van der Waals surface area (Å²) in [5.74, 6) is 0.966. The number of fused-ring (bicyclic) bond motifs is 1. The molecule has 1 aliphatic heterocycles. The van der Waals surface area contributed by atoms with Crippen LogP contribution in [0.15, 0.2) is 54.6 Å². The Morgan fingerprint density at radius 3 is 2.57 bits per heavy atom. The number of carbonyl (C=O) groups excluding carboxylic acids is 1. The van der Waals surface area contributed by atoms with Gasteiger partial charge in [-0.05, 0) is 35.4 Å². The first-order valence-electron chi connectivity index (χ1n) is 8.47. The molecular weight excluding hydrogens is 284 g/mol. The van der Waals surface area contributed by atoms with E-state index < -0.39 is 0 Å². The number of nitrogens with one attached hydrogen (secondary N) is 1. The molecule has 0 spiro atoms. The van der Waals surface area contributed by atoms with Crippen LogP contribution in [0.2, 0.25) is 0 Å². The third-order valence-electron chi connectivity index (χ3n) is 4.92. The van der Waals surface area contributed by atoms with Crippen molar-refractivity contribution in [1.29, 1.82) is 0 Å².